The lowest BCUT2D eigenvalue weighted by atomic mass is 10.0. The van der Waals surface area contributed by atoms with Gasteiger partial charge in [0.25, 0.3) is 11.8 Å². The molecule has 1 saturated heterocycles. The molecule has 2 amide bonds. The number of nitrogens with one attached hydrogen (secondary N) is 1. The number of benzene rings is 2. The minimum atomic E-state index is -1.85. The van der Waals surface area contributed by atoms with Crippen LogP contribution >= 0.6 is 11.3 Å². The molecule has 0 saturated carbocycles. The minimum absolute atomic E-state index is 0.128. The van der Waals surface area contributed by atoms with Crippen LogP contribution in [-0.2, 0) is 29.0 Å². The fourth-order valence-electron chi connectivity index (χ4n) is 4.23. The molecule has 1 unspecified atom stereocenters. The summed E-state index contributed by atoms with van der Waals surface area (Å²) in [6.07, 6.45) is -0.408. The quantitative estimate of drug-likeness (QED) is 0.438. The van der Waals surface area contributed by atoms with Crippen LogP contribution in [0.4, 0.5) is 0 Å². The maximum atomic E-state index is 12.9. The van der Waals surface area contributed by atoms with E-state index in [2.05, 4.69) is 22.4 Å². The van der Waals surface area contributed by atoms with E-state index >= 15 is 0 Å². The van der Waals surface area contributed by atoms with Crippen LogP contribution in [0, 0.1) is 0 Å². The third-order valence-electron chi connectivity index (χ3n) is 6.07. The van der Waals surface area contributed by atoms with Crippen molar-refractivity contribution in [3.63, 3.8) is 0 Å². The zero-order chi connectivity index (χ0) is 23.9. The number of aliphatic hydroxyl groups is 2. The summed E-state index contributed by atoms with van der Waals surface area (Å²) in [5, 5.41) is 26.0. The maximum absolute atomic E-state index is 12.9. The van der Waals surface area contributed by atoms with Crippen molar-refractivity contribution >= 4 is 23.2 Å². The minimum Gasteiger partial charge on any atom is -0.380 e. The van der Waals surface area contributed by atoms with Crippen molar-refractivity contribution < 1.29 is 19.8 Å². The number of nitrogens with zero attached hydrogens (tertiary/aromatic N) is 2. The van der Waals surface area contributed by atoms with E-state index in [4.69, 9.17) is 0 Å². The van der Waals surface area contributed by atoms with Gasteiger partial charge in [-0.1, -0.05) is 60.7 Å². The Morgan fingerprint density at radius 1 is 1.03 bits per heavy atom. The fourth-order valence-corrected chi connectivity index (χ4v) is 5.00. The van der Waals surface area contributed by atoms with Crippen molar-refractivity contribution in [1.29, 1.82) is 0 Å². The predicted octanol–water partition coefficient (Wildman–Crippen LogP) is 2.63. The second-order valence-corrected chi connectivity index (χ2v) is 9.37. The number of likely N-dealkylation sites (tertiary alicyclic amines) is 1. The average Bonchev–Trinajstić information content (AvgIpc) is 3.56. The van der Waals surface area contributed by atoms with Crippen LogP contribution in [0.3, 0.4) is 0 Å². The summed E-state index contributed by atoms with van der Waals surface area (Å²) in [6.45, 7) is 0.609. The molecule has 1 aliphatic heterocycles. The summed E-state index contributed by atoms with van der Waals surface area (Å²) in [6, 6.07) is 19.6. The predicted molar refractivity (Wildman–Crippen MR) is 130 cm³/mol. The number of hydrogen-bond acceptors (Lipinski definition) is 6. The molecule has 0 spiro atoms. The number of rotatable bonds is 9. The molecule has 34 heavy (non-hydrogen) atoms. The number of amides is 2. The van der Waals surface area contributed by atoms with E-state index in [0.29, 0.717) is 11.6 Å². The van der Waals surface area contributed by atoms with Gasteiger partial charge >= 0.3 is 0 Å². The van der Waals surface area contributed by atoms with Crippen LogP contribution in [0.2, 0.25) is 0 Å². The van der Waals surface area contributed by atoms with Crippen molar-refractivity contribution in [2.45, 2.75) is 50.5 Å². The van der Waals surface area contributed by atoms with Crippen molar-refractivity contribution in [3.05, 3.63) is 87.9 Å². The van der Waals surface area contributed by atoms with Crippen molar-refractivity contribution in [1.82, 2.24) is 15.2 Å². The molecule has 3 N–H and O–H groups in total. The van der Waals surface area contributed by atoms with Gasteiger partial charge in [-0.05, 0) is 36.8 Å². The first-order valence-electron chi connectivity index (χ1n) is 11.5. The zero-order valence-corrected chi connectivity index (χ0v) is 19.7. The molecule has 3 aromatic rings. The number of hydrogen-bond donors (Lipinski definition) is 3. The molecule has 4 rings (SSSR count). The monoisotopic (exact) mass is 479 g/mol. The fraction of sp³-hybridized carbons (Fsp3) is 0.346. The molecule has 1 aliphatic rings. The number of carbonyl (C=O) groups excluding carboxylic acids is 2. The first-order valence-corrected chi connectivity index (χ1v) is 12.4. The van der Waals surface area contributed by atoms with Gasteiger partial charge in [-0.3, -0.25) is 9.59 Å². The van der Waals surface area contributed by atoms with Gasteiger partial charge in [0.05, 0.1) is 18.3 Å². The van der Waals surface area contributed by atoms with Gasteiger partial charge in [0.1, 0.15) is 5.01 Å². The third-order valence-corrected chi connectivity index (χ3v) is 6.96. The average molecular weight is 480 g/mol. The molecule has 2 aromatic carbocycles. The molecular formula is C26H29N3O4S. The van der Waals surface area contributed by atoms with Crippen LogP contribution in [0.15, 0.2) is 66.0 Å². The molecule has 7 nitrogen and oxygen atoms in total. The van der Waals surface area contributed by atoms with Crippen LogP contribution < -0.4 is 5.32 Å². The van der Waals surface area contributed by atoms with E-state index < -0.39 is 24.0 Å². The molecule has 0 radical (unpaired) electrons. The van der Waals surface area contributed by atoms with Gasteiger partial charge in [0.15, 0.2) is 12.2 Å². The molecule has 8 heteroatoms. The van der Waals surface area contributed by atoms with Gasteiger partial charge in [0.2, 0.25) is 0 Å². The van der Waals surface area contributed by atoms with Crippen molar-refractivity contribution in [2.24, 2.45) is 0 Å². The molecule has 178 valence electrons. The van der Waals surface area contributed by atoms with Crippen LogP contribution in [0.5, 0.6) is 0 Å². The molecule has 3 atom stereocenters. The van der Waals surface area contributed by atoms with E-state index in [1.165, 1.54) is 16.9 Å². The van der Waals surface area contributed by atoms with Crippen LogP contribution in [0.1, 0.15) is 40.7 Å². The Hall–Kier alpha value is -3.07. The molecule has 0 aliphatic carbocycles. The first kappa shape index (κ1) is 24.1. The van der Waals surface area contributed by atoms with Crippen molar-refractivity contribution in [2.75, 3.05) is 6.54 Å². The second-order valence-electron chi connectivity index (χ2n) is 8.43. The highest BCUT2D eigenvalue weighted by atomic mass is 32.1. The first-order chi connectivity index (χ1) is 16.5. The summed E-state index contributed by atoms with van der Waals surface area (Å²) in [5.74, 6) is -1.43. The van der Waals surface area contributed by atoms with Gasteiger partial charge in [0, 0.05) is 11.9 Å². The standard InChI is InChI=1S/C26H29N3O4S/c30-23(24(31)26(33)29-15-7-12-21(29)19-10-5-2-6-11-19)25(32)27-16-22-28-20(17-34-22)14-13-18-8-3-1-4-9-18/h1-6,8-11,17,21,23-24,30-31H,7,12-16H2,(H,27,32)/t21?,23-,24-/m1/s1. The molecule has 1 aromatic heterocycles. The number of thiazole rings is 1. The summed E-state index contributed by atoms with van der Waals surface area (Å²) in [5.41, 5.74) is 3.15. The summed E-state index contributed by atoms with van der Waals surface area (Å²) >= 11 is 1.43. The summed E-state index contributed by atoms with van der Waals surface area (Å²) in [7, 11) is 0. The Kier molecular flexibility index (Phi) is 8.05. The topological polar surface area (TPSA) is 103 Å². The Morgan fingerprint density at radius 2 is 1.74 bits per heavy atom. The van der Waals surface area contributed by atoms with E-state index in [1.807, 2.05) is 53.9 Å². The lowest BCUT2D eigenvalue weighted by Gasteiger charge is -2.28. The molecular weight excluding hydrogens is 450 g/mol. The number of carbonyl (C=O) groups is 2. The normalized spacial score (nSPS) is 17.4. The molecule has 0 bridgehead atoms. The smallest absolute Gasteiger partial charge is 0.255 e. The Morgan fingerprint density at radius 3 is 2.47 bits per heavy atom. The SMILES string of the molecule is O=C(NCc1nc(CCc2ccccc2)cs1)[C@H](O)[C@@H](O)C(=O)N1CCCC1c1ccccc1. The second kappa shape index (κ2) is 11.4. The van der Waals surface area contributed by atoms with E-state index in [0.717, 1.165) is 36.9 Å². The zero-order valence-electron chi connectivity index (χ0n) is 18.8. The van der Waals surface area contributed by atoms with E-state index in [9.17, 15) is 19.8 Å². The third kappa shape index (κ3) is 5.88. The summed E-state index contributed by atoms with van der Waals surface area (Å²) < 4.78 is 0. The largest absolute Gasteiger partial charge is 0.380 e. The van der Waals surface area contributed by atoms with E-state index in [1.54, 1.807) is 4.90 Å². The van der Waals surface area contributed by atoms with Crippen LogP contribution in [-0.4, -0.2) is 50.7 Å². The van der Waals surface area contributed by atoms with Gasteiger partial charge in [-0.2, -0.15) is 0 Å². The Bertz CT molecular complexity index is 1090. The number of aryl methyl sites for hydroxylation is 2. The van der Waals surface area contributed by atoms with Crippen molar-refractivity contribution in [3.8, 4) is 0 Å². The number of aromatic nitrogens is 1. The maximum Gasteiger partial charge on any atom is 0.255 e. The van der Waals surface area contributed by atoms with E-state index in [-0.39, 0.29) is 12.6 Å². The highest BCUT2D eigenvalue weighted by Crippen LogP contribution is 2.32. The summed E-state index contributed by atoms with van der Waals surface area (Å²) in [4.78, 5) is 31.4. The highest BCUT2D eigenvalue weighted by molar-refractivity contribution is 7.09. The van der Waals surface area contributed by atoms with Gasteiger partial charge in [-0.15, -0.1) is 11.3 Å². The van der Waals surface area contributed by atoms with Gasteiger partial charge < -0.3 is 20.4 Å². The number of aliphatic hydroxyl groups excluding tert-OH is 2. The lowest BCUT2D eigenvalue weighted by molar-refractivity contribution is -0.153. The Labute approximate surface area is 203 Å². The van der Waals surface area contributed by atoms with Gasteiger partial charge in [-0.25, -0.2) is 4.98 Å². The highest BCUT2D eigenvalue weighted by Gasteiger charge is 2.38. The van der Waals surface area contributed by atoms with Crippen LogP contribution in [0.25, 0.3) is 0 Å². The Balaban J connectivity index is 1.28. The molecule has 1 fully saturated rings. The molecule has 2 heterocycles. The lowest BCUT2D eigenvalue weighted by Crippen LogP contribution is -2.50.